The van der Waals surface area contributed by atoms with Gasteiger partial charge in [-0.25, -0.2) is 13.4 Å². The van der Waals surface area contributed by atoms with Gasteiger partial charge < -0.3 is 0 Å². The fourth-order valence-corrected chi connectivity index (χ4v) is 2.90. The Morgan fingerprint density at radius 3 is 2.33 bits per heavy atom. The van der Waals surface area contributed by atoms with Crippen molar-refractivity contribution in [2.45, 2.75) is 4.90 Å². The Balaban J connectivity index is 2.13. The Labute approximate surface area is 130 Å². The van der Waals surface area contributed by atoms with E-state index in [2.05, 4.69) is 9.97 Å². The highest BCUT2D eigenvalue weighted by atomic mass is 35.5. The zero-order chi connectivity index (χ0) is 15.5. The second-order valence-electron chi connectivity index (χ2n) is 3.76. The maximum Gasteiger partial charge on any atom is 0.286 e. The molecule has 7 nitrogen and oxygen atoms in total. The van der Waals surface area contributed by atoms with Crippen molar-refractivity contribution in [3.05, 3.63) is 52.5 Å². The Hall–Kier alpha value is -1.74. The SMILES string of the molecule is O=C(NNS(=O)(=O)c1cc(Cl)cc(Cl)c1)c1cnccn1. The van der Waals surface area contributed by atoms with Crippen molar-refractivity contribution >= 4 is 39.1 Å². The lowest BCUT2D eigenvalue weighted by atomic mass is 10.4. The number of aromatic nitrogens is 2. The first-order valence-corrected chi connectivity index (χ1v) is 7.67. The summed E-state index contributed by atoms with van der Waals surface area (Å²) < 4.78 is 24.0. The number of carbonyl (C=O) groups excluding carboxylic acids is 1. The molecule has 0 atom stereocenters. The first-order valence-electron chi connectivity index (χ1n) is 5.43. The van der Waals surface area contributed by atoms with E-state index in [1.807, 2.05) is 10.3 Å². The van der Waals surface area contributed by atoms with E-state index in [1.54, 1.807) is 0 Å². The molecule has 1 amide bonds. The number of carbonyl (C=O) groups is 1. The van der Waals surface area contributed by atoms with Gasteiger partial charge >= 0.3 is 0 Å². The van der Waals surface area contributed by atoms with E-state index in [4.69, 9.17) is 23.2 Å². The summed E-state index contributed by atoms with van der Waals surface area (Å²) in [4.78, 5) is 20.8. The molecular formula is C11H8Cl2N4O3S. The zero-order valence-electron chi connectivity index (χ0n) is 10.2. The predicted molar refractivity (Wildman–Crippen MR) is 76.3 cm³/mol. The molecule has 0 saturated carbocycles. The van der Waals surface area contributed by atoms with Gasteiger partial charge in [-0.1, -0.05) is 23.2 Å². The van der Waals surface area contributed by atoms with Crippen molar-refractivity contribution in [3.63, 3.8) is 0 Å². The number of hydrogen-bond donors (Lipinski definition) is 2. The van der Waals surface area contributed by atoms with E-state index in [0.29, 0.717) is 0 Å². The van der Waals surface area contributed by atoms with Gasteiger partial charge in [-0.3, -0.25) is 15.2 Å². The number of nitrogens with zero attached hydrogens (tertiary/aromatic N) is 2. The van der Waals surface area contributed by atoms with Crippen LogP contribution < -0.4 is 10.3 Å². The van der Waals surface area contributed by atoms with E-state index in [-0.39, 0.29) is 20.6 Å². The summed E-state index contributed by atoms with van der Waals surface area (Å²) in [6, 6.07) is 3.79. The van der Waals surface area contributed by atoms with Crippen molar-refractivity contribution in [3.8, 4) is 0 Å². The molecule has 110 valence electrons. The summed E-state index contributed by atoms with van der Waals surface area (Å²) >= 11 is 11.5. The molecule has 1 aromatic carbocycles. The summed E-state index contributed by atoms with van der Waals surface area (Å²) in [6.07, 6.45) is 3.88. The highest BCUT2D eigenvalue weighted by Crippen LogP contribution is 2.21. The molecule has 0 spiro atoms. The lowest BCUT2D eigenvalue weighted by Gasteiger charge is -2.08. The van der Waals surface area contributed by atoms with E-state index in [1.165, 1.54) is 36.8 Å². The Kier molecular flexibility index (Phi) is 4.73. The van der Waals surface area contributed by atoms with Crippen LogP contribution in [0.1, 0.15) is 10.5 Å². The minimum atomic E-state index is -4.01. The molecule has 0 unspecified atom stereocenters. The number of rotatable bonds is 4. The second kappa shape index (κ2) is 6.35. The largest absolute Gasteiger partial charge is 0.286 e. The third-order valence-electron chi connectivity index (χ3n) is 2.24. The second-order valence-corrected chi connectivity index (χ2v) is 6.31. The van der Waals surface area contributed by atoms with Gasteiger partial charge in [0.2, 0.25) is 0 Å². The van der Waals surface area contributed by atoms with Crippen LogP contribution in [0.5, 0.6) is 0 Å². The van der Waals surface area contributed by atoms with Crippen LogP contribution in [0.2, 0.25) is 10.0 Å². The summed E-state index contributed by atoms with van der Waals surface area (Å²) in [5.41, 5.74) is 1.97. The third-order valence-corrected chi connectivity index (χ3v) is 3.90. The quantitative estimate of drug-likeness (QED) is 0.815. The van der Waals surface area contributed by atoms with Gasteiger partial charge in [0.1, 0.15) is 5.69 Å². The molecule has 2 rings (SSSR count). The molecule has 2 aromatic rings. The maximum atomic E-state index is 12.0. The van der Waals surface area contributed by atoms with E-state index >= 15 is 0 Å². The predicted octanol–water partition coefficient (Wildman–Crippen LogP) is 1.41. The molecular weight excluding hydrogens is 339 g/mol. The average molecular weight is 347 g/mol. The molecule has 10 heteroatoms. The minimum Gasteiger partial charge on any atom is -0.272 e. The number of sulfonamides is 1. The van der Waals surface area contributed by atoms with Crippen molar-refractivity contribution in [1.82, 2.24) is 20.2 Å². The van der Waals surface area contributed by atoms with Crippen LogP contribution in [-0.4, -0.2) is 24.3 Å². The molecule has 0 bridgehead atoms. The lowest BCUT2D eigenvalue weighted by Crippen LogP contribution is -2.41. The highest BCUT2D eigenvalue weighted by Gasteiger charge is 2.17. The molecule has 0 radical (unpaired) electrons. The number of amides is 1. The number of benzene rings is 1. The van der Waals surface area contributed by atoms with Gasteiger partial charge in [-0.2, -0.15) is 0 Å². The van der Waals surface area contributed by atoms with Crippen LogP contribution in [-0.2, 0) is 10.0 Å². The maximum absolute atomic E-state index is 12.0. The molecule has 21 heavy (non-hydrogen) atoms. The molecule has 0 aliphatic carbocycles. The molecule has 0 aliphatic rings. The standard InChI is InChI=1S/C11H8Cl2N4O3S/c12-7-3-8(13)5-9(4-7)21(19,20)17-16-11(18)10-6-14-1-2-15-10/h1-6,17H,(H,16,18). The number of hydrazine groups is 1. The van der Waals surface area contributed by atoms with Crippen molar-refractivity contribution in [2.75, 3.05) is 0 Å². The summed E-state index contributed by atoms with van der Waals surface area (Å²) in [5.74, 6) is -0.750. The van der Waals surface area contributed by atoms with Gasteiger partial charge in [0.15, 0.2) is 0 Å². The van der Waals surface area contributed by atoms with Gasteiger partial charge in [0, 0.05) is 22.4 Å². The van der Waals surface area contributed by atoms with Gasteiger partial charge in [0.05, 0.1) is 11.1 Å². The van der Waals surface area contributed by atoms with Crippen LogP contribution in [0.15, 0.2) is 41.7 Å². The van der Waals surface area contributed by atoms with Crippen LogP contribution in [0.4, 0.5) is 0 Å². The highest BCUT2D eigenvalue weighted by molar-refractivity contribution is 7.89. The fourth-order valence-electron chi connectivity index (χ4n) is 1.34. The lowest BCUT2D eigenvalue weighted by molar-refractivity contribution is 0.0939. The van der Waals surface area contributed by atoms with Crippen LogP contribution in [0.3, 0.4) is 0 Å². The molecule has 1 aromatic heterocycles. The topological polar surface area (TPSA) is 101 Å². The Morgan fingerprint density at radius 2 is 1.76 bits per heavy atom. The first-order chi connectivity index (χ1) is 9.88. The molecule has 2 N–H and O–H groups in total. The number of halogens is 2. The Morgan fingerprint density at radius 1 is 1.10 bits per heavy atom. The molecule has 0 fully saturated rings. The van der Waals surface area contributed by atoms with E-state index in [0.717, 1.165) is 0 Å². The van der Waals surface area contributed by atoms with E-state index in [9.17, 15) is 13.2 Å². The number of nitrogens with one attached hydrogen (secondary N) is 2. The molecule has 0 saturated heterocycles. The van der Waals surface area contributed by atoms with Gasteiger partial charge in [-0.15, -0.1) is 4.83 Å². The average Bonchev–Trinajstić information content (AvgIpc) is 2.45. The summed E-state index contributed by atoms with van der Waals surface area (Å²) in [7, 11) is -4.01. The Bertz CT molecular complexity index is 748. The van der Waals surface area contributed by atoms with Crippen LogP contribution in [0, 0.1) is 0 Å². The smallest absolute Gasteiger partial charge is 0.272 e. The van der Waals surface area contributed by atoms with Crippen molar-refractivity contribution in [2.24, 2.45) is 0 Å². The fraction of sp³-hybridized carbons (Fsp3) is 0. The van der Waals surface area contributed by atoms with Crippen LogP contribution >= 0.6 is 23.2 Å². The summed E-state index contributed by atoms with van der Waals surface area (Å²) in [5, 5.41) is 0.311. The zero-order valence-corrected chi connectivity index (χ0v) is 12.6. The normalized spacial score (nSPS) is 11.1. The monoisotopic (exact) mass is 346 g/mol. The first kappa shape index (κ1) is 15.6. The molecule has 1 heterocycles. The minimum absolute atomic E-state index is 0.0377. The van der Waals surface area contributed by atoms with E-state index < -0.39 is 15.9 Å². The van der Waals surface area contributed by atoms with Gasteiger partial charge in [0.25, 0.3) is 15.9 Å². The molecule has 0 aliphatic heterocycles. The van der Waals surface area contributed by atoms with Gasteiger partial charge in [-0.05, 0) is 18.2 Å². The summed E-state index contributed by atoms with van der Waals surface area (Å²) in [6.45, 7) is 0. The third kappa shape index (κ3) is 4.11. The number of hydrogen-bond acceptors (Lipinski definition) is 5. The van der Waals surface area contributed by atoms with Crippen molar-refractivity contribution in [1.29, 1.82) is 0 Å². The van der Waals surface area contributed by atoms with Crippen molar-refractivity contribution < 1.29 is 13.2 Å². The van der Waals surface area contributed by atoms with Crippen LogP contribution in [0.25, 0.3) is 0 Å².